The van der Waals surface area contributed by atoms with Crippen LogP contribution < -0.4 is 16.0 Å². The molecule has 2 fully saturated rings. The average Bonchev–Trinajstić information content (AvgIpc) is 3.57. The molecule has 1 saturated heterocycles. The van der Waals surface area contributed by atoms with Crippen LogP contribution in [0.15, 0.2) is 41.0 Å². The molecule has 172 valence electrons. The first kappa shape index (κ1) is 21.8. The number of piperidine rings is 1. The van der Waals surface area contributed by atoms with Gasteiger partial charge in [-0.05, 0) is 86.0 Å². The van der Waals surface area contributed by atoms with Gasteiger partial charge in [-0.1, -0.05) is 0 Å². The third-order valence-corrected chi connectivity index (χ3v) is 6.63. The van der Waals surface area contributed by atoms with E-state index in [1.807, 2.05) is 30.3 Å². The molecule has 1 aliphatic carbocycles. The Morgan fingerprint density at radius 3 is 2.61 bits per heavy atom. The molecule has 0 atom stereocenters. The molecule has 2 aliphatic rings. The van der Waals surface area contributed by atoms with Crippen molar-refractivity contribution in [3.63, 3.8) is 0 Å². The van der Waals surface area contributed by atoms with Crippen molar-refractivity contribution in [2.45, 2.75) is 37.6 Å². The first-order chi connectivity index (χ1) is 16.0. The van der Waals surface area contributed by atoms with E-state index < -0.39 is 0 Å². The van der Waals surface area contributed by atoms with E-state index in [1.54, 1.807) is 6.20 Å². The van der Waals surface area contributed by atoms with Crippen LogP contribution in [0, 0.1) is 0 Å². The molecule has 10 heteroatoms. The minimum Gasteiger partial charge on any atom is -0.349 e. The van der Waals surface area contributed by atoms with Gasteiger partial charge in [-0.15, -0.1) is 0 Å². The first-order valence-corrected chi connectivity index (χ1v) is 12.0. The van der Waals surface area contributed by atoms with Crippen molar-refractivity contribution in [1.29, 1.82) is 0 Å². The third kappa shape index (κ3) is 5.51. The number of aromatic nitrogens is 4. The fourth-order valence-corrected chi connectivity index (χ4v) is 4.18. The normalized spacial score (nSPS) is 17.0. The number of benzene rings is 1. The van der Waals surface area contributed by atoms with E-state index >= 15 is 0 Å². The predicted octanol–water partition coefficient (Wildman–Crippen LogP) is 4.15. The van der Waals surface area contributed by atoms with Crippen LogP contribution in [-0.4, -0.2) is 57.2 Å². The Morgan fingerprint density at radius 1 is 1.12 bits per heavy atom. The van der Waals surface area contributed by atoms with Gasteiger partial charge in [-0.25, -0.2) is 4.98 Å². The summed E-state index contributed by atoms with van der Waals surface area (Å²) in [6.07, 6.45) is 6.07. The zero-order valence-electron chi connectivity index (χ0n) is 18.4. The maximum atomic E-state index is 12.6. The average molecular weight is 511 g/mol. The minimum absolute atomic E-state index is 0.0346. The second kappa shape index (κ2) is 9.48. The van der Waals surface area contributed by atoms with Gasteiger partial charge in [0.05, 0.1) is 10.2 Å². The van der Waals surface area contributed by atoms with E-state index in [9.17, 15) is 4.79 Å². The summed E-state index contributed by atoms with van der Waals surface area (Å²) in [6.45, 7) is 2.03. The maximum absolute atomic E-state index is 12.6. The Kier molecular flexibility index (Phi) is 6.28. The summed E-state index contributed by atoms with van der Waals surface area (Å²) >= 11 is 3.49. The van der Waals surface area contributed by atoms with Crippen LogP contribution in [0.5, 0.6) is 0 Å². The summed E-state index contributed by atoms with van der Waals surface area (Å²) < 4.78 is 0.747. The Hall–Kier alpha value is -2.98. The number of H-pyrrole nitrogens is 1. The second-order valence-corrected chi connectivity index (χ2v) is 9.60. The number of aromatic amines is 1. The topological polar surface area (TPSA) is 111 Å². The molecule has 0 unspecified atom stereocenters. The Balaban J connectivity index is 1.20. The highest BCUT2D eigenvalue weighted by Crippen LogP contribution is 2.39. The highest BCUT2D eigenvalue weighted by Gasteiger charge is 2.26. The summed E-state index contributed by atoms with van der Waals surface area (Å²) in [5.41, 5.74) is 2.53. The van der Waals surface area contributed by atoms with Crippen LogP contribution in [0.3, 0.4) is 0 Å². The number of carbonyl (C=O) groups excluding carboxylic acids is 1. The van der Waals surface area contributed by atoms with E-state index in [0.717, 1.165) is 47.6 Å². The summed E-state index contributed by atoms with van der Waals surface area (Å²) in [5, 5.41) is 17.0. The van der Waals surface area contributed by atoms with Crippen molar-refractivity contribution in [3.05, 3.63) is 52.3 Å². The predicted molar refractivity (Wildman–Crippen MR) is 131 cm³/mol. The van der Waals surface area contributed by atoms with Gasteiger partial charge in [0.15, 0.2) is 5.82 Å². The monoisotopic (exact) mass is 510 g/mol. The molecule has 33 heavy (non-hydrogen) atoms. The standard InChI is InChI=1S/C23H27BrN8O/c1-32-10-8-17(9-11-32)26-22(33)15-4-6-16(7-5-15)27-23-25-13-18(24)21(29-23)28-20-12-19(30-31-20)14-2-3-14/h4-7,12-14,17H,2-3,8-11H2,1H3,(H,26,33)(H3,25,27,28,29,30,31). The molecule has 0 radical (unpaired) electrons. The number of amides is 1. The van der Waals surface area contributed by atoms with Crippen LogP contribution in [0.1, 0.15) is 47.7 Å². The highest BCUT2D eigenvalue weighted by atomic mass is 79.9. The van der Waals surface area contributed by atoms with Gasteiger partial charge in [0.1, 0.15) is 5.82 Å². The SMILES string of the molecule is CN1CCC(NC(=O)c2ccc(Nc3ncc(Br)c(Nc4cc(C5CC5)n[nH]4)n3)cc2)CC1. The molecule has 1 saturated carbocycles. The third-order valence-electron chi connectivity index (χ3n) is 6.05. The maximum Gasteiger partial charge on any atom is 0.251 e. The first-order valence-electron chi connectivity index (χ1n) is 11.2. The van der Waals surface area contributed by atoms with E-state index in [2.05, 4.69) is 64.0 Å². The largest absolute Gasteiger partial charge is 0.349 e. The van der Waals surface area contributed by atoms with Crippen LogP contribution in [0.25, 0.3) is 0 Å². The van der Waals surface area contributed by atoms with Gasteiger partial charge in [-0.3, -0.25) is 9.89 Å². The van der Waals surface area contributed by atoms with Crippen molar-refractivity contribution in [2.24, 2.45) is 0 Å². The smallest absolute Gasteiger partial charge is 0.251 e. The lowest BCUT2D eigenvalue weighted by atomic mass is 10.0. The number of anilines is 4. The molecule has 2 aromatic heterocycles. The minimum atomic E-state index is -0.0346. The molecule has 1 aliphatic heterocycles. The number of nitrogens with zero attached hydrogens (tertiary/aromatic N) is 4. The number of likely N-dealkylation sites (tertiary alicyclic amines) is 1. The van der Waals surface area contributed by atoms with Crippen molar-refractivity contribution in [2.75, 3.05) is 30.8 Å². The summed E-state index contributed by atoms with van der Waals surface area (Å²) in [6, 6.07) is 9.61. The van der Waals surface area contributed by atoms with Gasteiger partial charge in [0.25, 0.3) is 5.91 Å². The summed E-state index contributed by atoms with van der Waals surface area (Å²) in [7, 11) is 2.11. The van der Waals surface area contributed by atoms with E-state index in [4.69, 9.17) is 0 Å². The molecular weight excluding hydrogens is 484 g/mol. The van der Waals surface area contributed by atoms with E-state index in [1.165, 1.54) is 12.8 Å². The number of hydrogen-bond donors (Lipinski definition) is 4. The Morgan fingerprint density at radius 2 is 1.88 bits per heavy atom. The Labute approximate surface area is 200 Å². The molecule has 0 bridgehead atoms. The Bertz CT molecular complexity index is 1120. The molecular formula is C23H27BrN8O. The van der Waals surface area contributed by atoms with Crippen LogP contribution in [0.4, 0.5) is 23.3 Å². The zero-order valence-corrected chi connectivity index (χ0v) is 20.0. The van der Waals surface area contributed by atoms with Gasteiger partial charge in [0, 0.05) is 35.5 Å². The number of hydrogen-bond acceptors (Lipinski definition) is 7. The lowest BCUT2D eigenvalue weighted by Gasteiger charge is -2.29. The van der Waals surface area contributed by atoms with Gasteiger partial charge in [0.2, 0.25) is 5.95 Å². The van der Waals surface area contributed by atoms with E-state index in [-0.39, 0.29) is 11.9 Å². The summed E-state index contributed by atoms with van der Waals surface area (Å²) in [5.74, 6) is 2.42. The van der Waals surface area contributed by atoms with Crippen molar-refractivity contribution in [1.82, 2.24) is 30.4 Å². The van der Waals surface area contributed by atoms with Crippen molar-refractivity contribution in [3.8, 4) is 0 Å². The lowest BCUT2D eigenvalue weighted by molar-refractivity contribution is 0.0917. The molecule has 3 heterocycles. The van der Waals surface area contributed by atoms with E-state index in [0.29, 0.717) is 23.2 Å². The van der Waals surface area contributed by atoms with Crippen LogP contribution in [0.2, 0.25) is 0 Å². The zero-order chi connectivity index (χ0) is 22.8. The fourth-order valence-electron chi connectivity index (χ4n) is 3.89. The fraction of sp³-hybridized carbons (Fsp3) is 0.391. The van der Waals surface area contributed by atoms with Crippen molar-refractivity contribution >= 4 is 45.1 Å². The van der Waals surface area contributed by atoms with Gasteiger partial charge < -0.3 is 20.9 Å². The molecule has 1 amide bonds. The quantitative estimate of drug-likeness (QED) is 0.377. The van der Waals surface area contributed by atoms with Gasteiger partial charge >= 0.3 is 0 Å². The number of nitrogens with one attached hydrogen (secondary N) is 4. The molecule has 4 N–H and O–H groups in total. The van der Waals surface area contributed by atoms with Crippen LogP contribution in [-0.2, 0) is 0 Å². The molecule has 1 aromatic carbocycles. The molecule has 9 nitrogen and oxygen atoms in total. The van der Waals surface area contributed by atoms with Gasteiger partial charge in [-0.2, -0.15) is 10.1 Å². The molecule has 0 spiro atoms. The number of rotatable bonds is 7. The lowest BCUT2D eigenvalue weighted by Crippen LogP contribution is -2.43. The molecule has 5 rings (SSSR count). The summed E-state index contributed by atoms with van der Waals surface area (Å²) in [4.78, 5) is 23.8. The van der Waals surface area contributed by atoms with Crippen LogP contribution >= 0.6 is 15.9 Å². The highest BCUT2D eigenvalue weighted by molar-refractivity contribution is 9.10. The second-order valence-electron chi connectivity index (χ2n) is 8.75. The number of halogens is 1. The van der Waals surface area contributed by atoms with Crippen molar-refractivity contribution < 1.29 is 4.79 Å². The molecule has 3 aromatic rings. The number of carbonyl (C=O) groups is 1.